The minimum absolute atomic E-state index is 0.137. The highest BCUT2D eigenvalue weighted by atomic mass is 35.5. The molecule has 0 aliphatic heterocycles. The number of rotatable bonds is 6. The molecule has 1 aromatic heterocycles. The van der Waals surface area contributed by atoms with Crippen molar-refractivity contribution < 1.29 is 13.9 Å². The smallest absolute Gasteiger partial charge is 0.291 e. The highest BCUT2D eigenvalue weighted by Gasteiger charge is 2.13. The lowest BCUT2D eigenvalue weighted by Crippen LogP contribution is -2.10. The van der Waals surface area contributed by atoms with Crippen LogP contribution in [0.15, 0.2) is 59.0 Å². The quantitative estimate of drug-likeness (QED) is 0.563. The summed E-state index contributed by atoms with van der Waals surface area (Å²) < 4.78 is 11.1. The lowest BCUT2D eigenvalue weighted by molar-refractivity contribution is 0.0992. The maximum atomic E-state index is 12.3. The maximum Gasteiger partial charge on any atom is 0.291 e. The molecule has 6 heteroatoms. The number of carbonyl (C=O) groups excluding carboxylic acids is 1. The van der Waals surface area contributed by atoms with Crippen LogP contribution in [0.2, 0.25) is 10.0 Å². The zero-order valence-corrected chi connectivity index (χ0v) is 15.6. The van der Waals surface area contributed by atoms with Crippen LogP contribution in [0, 0.1) is 0 Å². The number of ether oxygens (including phenoxy) is 1. The van der Waals surface area contributed by atoms with Crippen molar-refractivity contribution >= 4 is 34.8 Å². The van der Waals surface area contributed by atoms with Gasteiger partial charge in [-0.15, -0.1) is 0 Å². The number of furan rings is 1. The van der Waals surface area contributed by atoms with Gasteiger partial charge in [0, 0.05) is 5.69 Å². The Hall–Kier alpha value is -2.43. The van der Waals surface area contributed by atoms with Crippen LogP contribution in [0.5, 0.6) is 5.75 Å². The van der Waals surface area contributed by atoms with E-state index in [0.29, 0.717) is 27.2 Å². The monoisotopic (exact) mass is 389 g/mol. The number of hydrogen-bond acceptors (Lipinski definition) is 3. The summed E-state index contributed by atoms with van der Waals surface area (Å²) in [5.41, 5.74) is 1.92. The molecule has 0 unspecified atom stereocenters. The zero-order valence-electron chi connectivity index (χ0n) is 14.1. The van der Waals surface area contributed by atoms with Crippen LogP contribution in [0.3, 0.4) is 0 Å². The third-order valence-corrected chi connectivity index (χ3v) is 4.59. The first-order chi connectivity index (χ1) is 12.6. The SMILES string of the molecule is CCc1ccc(NC(=O)c2ccc(COc3cccc(Cl)c3Cl)o2)cc1. The summed E-state index contributed by atoms with van der Waals surface area (Å²) in [5.74, 6) is 0.853. The Kier molecular flexibility index (Phi) is 5.86. The van der Waals surface area contributed by atoms with E-state index in [9.17, 15) is 4.79 Å². The molecule has 1 heterocycles. The lowest BCUT2D eigenvalue weighted by atomic mass is 10.1. The minimum Gasteiger partial charge on any atom is -0.484 e. The summed E-state index contributed by atoms with van der Waals surface area (Å²) >= 11 is 12.0. The maximum absolute atomic E-state index is 12.3. The molecule has 0 bridgehead atoms. The minimum atomic E-state index is -0.318. The average molecular weight is 390 g/mol. The van der Waals surface area contributed by atoms with E-state index in [1.165, 1.54) is 5.56 Å². The van der Waals surface area contributed by atoms with E-state index in [1.807, 2.05) is 24.3 Å². The van der Waals surface area contributed by atoms with Gasteiger partial charge >= 0.3 is 0 Å². The Balaban J connectivity index is 1.61. The van der Waals surface area contributed by atoms with E-state index in [2.05, 4.69) is 12.2 Å². The molecule has 26 heavy (non-hydrogen) atoms. The lowest BCUT2D eigenvalue weighted by Gasteiger charge is -2.07. The summed E-state index contributed by atoms with van der Waals surface area (Å²) in [6.07, 6.45) is 0.951. The van der Waals surface area contributed by atoms with Crippen LogP contribution in [0.1, 0.15) is 28.8 Å². The summed E-state index contributed by atoms with van der Waals surface area (Å²) in [5, 5.41) is 3.56. The van der Waals surface area contributed by atoms with Crippen LogP contribution in [-0.2, 0) is 13.0 Å². The Labute approximate surface area is 161 Å². The largest absolute Gasteiger partial charge is 0.484 e. The van der Waals surface area contributed by atoms with Crippen molar-refractivity contribution in [3.8, 4) is 5.75 Å². The Morgan fingerprint density at radius 1 is 1.08 bits per heavy atom. The highest BCUT2D eigenvalue weighted by molar-refractivity contribution is 6.42. The number of aryl methyl sites for hydroxylation is 1. The zero-order chi connectivity index (χ0) is 18.5. The number of amides is 1. The van der Waals surface area contributed by atoms with Crippen molar-refractivity contribution in [2.24, 2.45) is 0 Å². The first-order valence-corrected chi connectivity index (χ1v) is 8.88. The molecular formula is C20H17Cl2NO3. The average Bonchev–Trinajstić information content (AvgIpc) is 3.13. The molecule has 134 valence electrons. The number of hydrogen-bond donors (Lipinski definition) is 1. The number of benzene rings is 2. The van der Waals surface area contributed by atoms with Crippen molar-refractivity contribution in [2.45, 2.75) is 20.0 Å². The van der Waals surface area contributed by atoms with E-state index in [1.54, 1.807) is 30.3 Å². The van der Waals surface area contributed by atoms with Crippen LogP contribution in [0.4, 0.5) is 5.69 Å². The van der Waals surface area contributed by atoms with E-state index < -0.39 is 0 Å². The van der Waals surface area contributed by atoms with Gasteiger partial charge in [0.25, 0.3) is 5.91 Å². The summed E-state index contributed by atoms with van der Waals surface area (Å²) in [6.45, 7) is 2.22. The Bertz CT molecular complexity index is 904. The van der Waals surface area contributed by atoms with Crippen molar-refractivity contribution in [2.75, 3.05) is 5.32 Å². The third-order valence-electron chi connectivity index (χ3n) is 3.79. The Morgan fingerprint density at radius 3 is 2.58 bits per heavy atom. The van der Waals surface area contributed by atoms with Gasteiger partial charge in [-0.2, -0.15) is 0 Å². The fraction of sp³-hybridized carbons (Fsp3) is 0.150. The van der Waals surface area contributed by atoms with E-state index in [-0.39, 0.29) is 18.3 Å². The molecule has 0 radical (unpaired) electrons. The third kappa shape index (κ3) is 4.40. The summed E-state index contributed by atoms with van der Waals surface area (Å²) in [6, 6.07) is 16.1. The van der Waals surface area contributed by atoms with Gasteiger partial charge in [-0.05, 0) is 48.4 Å². The molecule has 2 aromatic carbocycles. The molecule has 3 rings (SSSR count). The number of halogens is 2. The highest BCUT2D eigenvalue weighted by Crippen LogP contribution is 2.32. The van der Waals surface area contributed by atoms with Crippen molar-refractivity contribution in [1.82, 2.24) is 0 Å². The van der Waals surface area contributed by atoms with Crippen molar-refractivity contribution in [3.63, 3.8) is 0 Å². The molecule has 3 aromatic rings. The molecule has 4 nitrogen and oxygen atoms in total. The molecule has 0 fully saturated rings. The number of nitrogens with one attached hydrogen (secondary N) is 1. The predicted octanol–water partition coefficient (Wildman–Crippen LogP) is 5.98. The molecule has 0 spiro atoms. The normalized spacial score (nSPS) is 10.6. The van der Waals surface area contributed by atoms with Crippen molar-refractivity contribution in [3.05, 3.63) is 81.7 Å². The molecular weight excluding hydrogens is 373 g/mol. The van der Waals surface area contributed by atoms with E-state index >= 15 is 0 Å². The van der Waals surface area contributed by atoms with Crippen LogP contribution >= 0.6 is 23.2 Å². The number of carbonyl (C=O) groups is 1. The second-order valence-corrected chi connectivity index (χ2v) is 6.40. The van der Waals surface area contributed by atoms with Gasteiger partial charge in [0.2, 0.25) is 0 Å². The molecule has 0 atom stereocenters. The van der Waals surface area contributed by atoms with Crippen LogP contribution < -0.4 is 10.1 Å². The molecule has 0 saturated heterocycles. The van der Waals surface area contributed by atoms with E-state index in [4.69, 9.17) is 32.4 Å². The molecule has 0 aliphatic carbocycles. The van der Waals surface area contributed by atoms with Gasteiger partial charge < -0.3 is 14.5 Å². The first kappa shape index (κ1) is 18.4. The fourth-order valence-corrected chi connectivity index (χ4v) is 2.68. The predicted molar refractivity (Wildman–Crippen MR) is 103 cm³/mol. The van der Waals surface area contributed by atoms with Gasteiger partial charge in [0.15, 0.2) is 5.76 Å². The van der Waals surface area contributed by atoms with Gasteiger partial charge in [-0.1, -0.05) is 48.3 Å². The van der Waals surface area contributed by atoms with Gasteiger partial charge in [0.05, 0.1) is 5.02 Å². The van der Waals surface area contributed by atoms with Crippen molar-refractivity contribution in [1.29, 1.82) is 0 Å². The summed E-state index contributed by atoms with van der Waals surface area (Å²) in [7, 11) is 0. The fourth-order valence-electron chi connectivity index (χ4n) is 2.34. The van der Waals surface area contributed by atoms with Crippen LogP contribution in [-0.4, -0.2) is 5.91 Å². The second kappa shape index (κ2) is 8.30. The Morgan fingerprint density at radius 2 is 1.85 bits per heavy atom. The van der Waals surface area contributed by atoms with Gasteiger partial charge in [-0.3, -0.25) is 4.79 Å². The standard InChI is InChI=1S/C20H17Cl2NO3/c1-2-13-6-8-14(9-7-13)23-20(24)18-11-10-15(26-18)12-25-17-5-3-4-16(21)19(17)22/h3-11H,2,12H2,1H3,(H,23,24). The second-order valence-electron chi connectivity index (χ2n) is 5.61. The van der Waals surface area contributed by atoms with Gasteiger partial charge in [-0.25, -0.2) is 0 Å². The van der Waals surface area contributed by atoms with E-state index in [0.717, 1.165) is 6.42 Å². The molecule has 0 aliphatic rings. The van der Waals surface area contributed by atoms with Crippen LogP contribution in [0.25, 0.3) is 0 Å². The summed E-state index contributed by atoms with van der Waals surface area (Å²) in [4.78, 5) is 12.3. The molecule has 1 amide bonds. The first-order valence-electron chi connectivity index (χ1n) is 8.12. The van der Waals surface area contributed by atoms with Gasteiger partial charge in [0.1, 0.15) is 23.1 Å². The molecule has 0 saturated carbocycles. The number of anilines is 1. The molecule has 1 N–H and O–H groups in total. The topological polar surface area (TPSA) is 51.5 Å².